The van der Waals surface area contributed by atoms with Gasteiger partial charge in [0.15, 0.2) is 5.69 Å². The summed E-state index contributed by atoms with van der Waals surface area (Å²) < 4.78 is 10.1. The lowest BCUT2D eigenvalue weighted by Crippen LogP contribution is -2.36. The number of aromatic nitrogens is 2. The summed E-state index contributed by atoms with van der Waals surface area (Å²) in [5.41, 5.74) is 0.277. The maximum absolute atomic E-state index is 11.9. The van der Waals surface area contributed by atoms with Crippen LogP contribution in [0.2, 0.25) is 0 Å². The first kappa shape index (κ1) is 16.3. The number of nitrogens with zero attached hydrogens (tertiary/aromatic N) is 2. The summed E-state index contributed by atoms with van der Waals surface area (Å²) in [6, 6.07) is 3.37. The predicted molar refractivity (Wildman–Crippen MR) is 75.8 cm³/mol. The predicted octanol–water partition coefficient (Wildman–Crippen LogP) is 0.690. The zero-order chi connectivity index (χ0) is 14.8. The number of ether oxygens (including phenoxy) is 2. The number of amides is 1. The normalized spacial score (nSPS) is 11.9. The first-order valence-electron chi connectivity index (χ1n) is 6.58. The average molecular weight is 282 g/mol. The third-order valence-corrected chi connectivity index (χ3v) is 2.63. The highest BCUT2D eigenvalue weighted by Gasteiger charge is 2.12. The van der Waals surface area contributed by atoms with Crippen LogP contribution in [0.3, 0.4) is 0 Å². The average Bonchev–Trinajstić information content (AvgIpc) is 2.49. The van der Waals surface area contributed by atoms with E-state index < -0.39 is 0 Å². The van der Waals surface area contributed by atoms with Gasteiger partial charge in [0.2, 0.25) is 0 Å². The number of anilines is 1. The maximum Gasteiger partial charge on any atom is 0.271 e. The number of nitrogens with one attached hydrogen (secondary N) is 2. The Morgan fingerprint density at radius 3 is 2.70 bits per heavy atom. The highest BCUT2D eigenvalue weighted by atomic mass is 16.5. The molecule has 0 saturated heterocycles. The zero-order valence-corrected chi connectivity index (χ0v) is 12.2. The summed E-state index contributed by atoms with van der Waals surface area (Å²) in [4.78, 5) is 11.9. The first-order chi connectivity index (χ1) is 9.71. The van der Waals surface area contributed by atoms with Crippen molar-refractivity contribution in [3.05, 3.63) is 17.8 Å². The molecular weight excluding hydrogens is 260 g/mol. The lowest BCUT2D eigenvalue weighted by atomic mass is 10.3. The largest absolute Gasteiger partial charge is 0.382 e. The fourth-order valence-electron chi connectivity index (χ4n) is 1.49. The van der Waals surface area contributed by atoms with E-state index >= 15 is 0 Å². The molecule has 1 atom stereocenters. The van der Waals surface area contributed by atoms with Crippen molar-refractivity contribution < 1.29 is 14.3 Å². The molecule has 0 bridgehead atoms. The minimum absolute atomic E-state index is 0.178. The Morgan fingerprint density at radius 1 is 1.35 bits per heavy atom. The maximum atomic E-state index is 11.9. The Balaban J connectivity index is 2.46. The van der Waals surface area contributed by atoms with E-state index in [2.05, 4.69) is 27.8 Å². The molecule has 1 unspecified atom stereocenters. The Morgan fingerprint density at radius 2 is 2.15 bits per heavy atom. The molecule has 1 aromatic rings. The zero-order valence-electron chi connectivity index (χ0n) is 12.2. The molecule has 112 valence electrons. The van der Waals surface area contributed by atoms with Gasteiger partial charge in [-0.15, -0.1) is 10.2 Å². The van der Waals surface area contributed by atoms with Gasteiger partial charge in [0.25, 0.3) is 5.91 Å². The van der Waals surface area contributed by atoms with Gasteiger partial charge < -0.3 is 20.1 Å². The van der Waals surface area contributed by atoms with Crippen molar-refractivity contribution in [1.29, 1.82) is 0 Å². The van der Waals surface area contributed by atoms with Crippen LogP contribution in [-0.2, 0) is 9.47 Å². The van der Waals surface area contributed by atoms with E-state index in [-0.39, 0.29) is 17.7 Å². The molecule has 0 saturated carbocycles. The quantitative estimate of drug-likeness (QED) is 0.693. The number of rotatable bonds is 9. The van der Waals surface area contributed by atoms with Crippen LogP contribution in [0, 0.1) is 0 Å². The molecule has 0 spiro atoms. The van der Waals surface area contributed by atoms with E-state index in [1.54, 1.807) is 26.4 Å². The Kier molecular flexibility index (Phi) is 7.52. The van der Waals surface area contributed by atoms with Crippen LogP contribution >= 0.6 is 0 Å². The third-order valence-electron chi connectivity index (χ3n) is 2.63. The van der Waals surface area contributed by atoms with Gasteiger partial charge in [0, 0.05) is 27.3 Å². The van der Waals surface area contributed by atoms with Crippen molar-refractivity contribution in [2.24, 2.45) is 0 Å². The molecule has 0 aliphatic carbocycles. The summed E-state index contributed by atoms with van der Waals surface area (Å²) in [6.45, 7) is 3.67. The summed E-state index contributed by atoms with van der Waals surface area (Å²) in [6.07, 6.45) is 0.823. The van der Waals surface area contributed by atoms with E-state index in [4.69, 9.17) is 9.47 Å². The van der Waals surface area contributed by atoms with Gasteiger partial charge in [-0.2, -0.15) is 0 Å². The molecule has 0 aliphatic rings. The summed E-state index contributed by atoms with van der Waals surface area (Å²) in [5.74, 6) is 0.384. The molecule has 0 aliphatic heterocycles. The van der Waals surface area contributed by atoms with Gasteiger partial charge >= 0.3 is 0 Å². The second kappa shape index (κ2) is 9.22. The number of carbonyl (C=O) groups is 1. The third kappa shape index (κ3) is 5.50. The monoisotopic (exact) mass is 282 g/mol. The molecule has 7 heteroatoms. The van der Waals surface area contributed by atoms with Crippen LogP contribution in [0.15, 0.2) is 12.1 Å². The van der Waals surface area contributed by atoms with Crippen molar-refractivity contribution in [2.75, 3.05) is 39.2 Å². The second-order valence-corrected chi connectivity index (χ2v) is 4.25. The fourth-order valence-corrected chi connectivity index (χ4v) is 1.49. The number of carbonyl (C=O) groups excluding carboxylic acids is 1. The van der Waals surface area contributed by atoms with Gasteiger partial charge in [-0.1, -0.05) is 6.92 Å². The molecule has 1 heterocycles. The van der Waals surface area contributed by atoms with E-state index in [9.17, 15) is 4.79 Å². The number of hydrogen-bond donors (Lipinski definition) is 2. The lowest BCUT2D eigenvalue weighted by molar-refractivity contribution is 0.0285. The molecular formula is C13H22N4O3. The molecule has 20 heavy (non-hydrogen) atoms. The molecule has 0 fully saturated rings. The van der Waals surface area contributed by atoms with Crippen molar-refractivity contribution in [2.45, 2.75) is 19.4 Å². The van der Waals surface area contributed by atoms with Crippen LogP contribution in [-0.4, -0.2) is 56.1 Å². The summed E-state index contributed by atoms with van der Waals surface area (Å²) >= 11 is 0. The minimum Gasteiger partial charge on any atom is -0.382 e. The highest BCUT2D eigenvalue weighted by molar-refractivity contribution is 5.92. The standard InChI is InChI=1S/C13H22N4O3/c1-4-7-14-12-6-5-11(16-17-12)13(18)15-8-10(20-3)9-19-2/h5-6,10H,4,7-9H2,1-3H3,(H,14,17)(H,15,18). The topological polar surface area (TPSA) is 85.4 Å². The molecule has 1 amide bonds. The van der Waals surface area contributed by atoms with Gasteiger partial charge in [0.1, 0.15) is 5.82 Å². The minimum atomic E-state index is -0.280. The van der Waals surface area contributed by atoms with Gasteiger partial charge in [-0.05, 0) is 18.6 Å². The van der Waals surface area contributed by atoms with Gasteiger partial charge in [-0.3, -0.25) is 4.79 Å². The van der Waals surface area contributed by atoms with Gasteiger partial charge in [-0.25, -0.2) is 0 Å². The van der Waals surface area contributed by atoms with Crippen LogP contribution in [0.4, 0.5) is 5.82 Å². The van der Waals surface area contributed by atoms with Crippen LogP contribution in [0.25, 0.3) is 0 Å². The second-order valence-electron chi connectivity index (χ2n) is 4.25. The van der Waals surface area contributed by atoms with Crippen LogP contribution < -0.4 is 10.6 Å². The van der Waals surface area contributed by atoms with Crippen LogP contribution in [0.5, 0.6) is 0 Å². The summed E-state index contributed by atoms with van der Waals surface area (Å²) in [5, 5.41) is 13.7. The molecule has 7 nitrogen and oxygen atoms in total. The molecule has 0 radical (unpaired) electrons. The van der Waals surface area contributed by atoms with Crippen LogP contribution in [0.1, 0.15) is 23.8 Å². The highest BCUT2D eigenvalue weighted by Crippen LogP contribution is 2.02. The Labute approximate surface area is 119 Å². The van der Waals surface area contributed by atoms with E-state index in [0.717, 1.165) is 13.0 Å². The Bertz CT molecular complexity index is 397. The van der Waals surface area contributed by atoms with Crippen molar-refractivity contribution in [1.82, 2.24) is 15.5 Å². The fraction of sp³-hybridized carbons (Fsp3) is 0.615. The summed E-state index contributed by atoms with van der Waals surface area (Å²) in [7, 11) is 3.16. The van der Waals surface area contributed by atoms with E-state index in [1.807, 2.05) is 0 Å². The molecule has 0 aromatic carbocycles. The molecule has 2 N–H and O–H groups in total. The lowest BCUT2D eigenvalue weighted by Gasteiger charge is -2.14. The van der Waals surface area contributed by atoms with Gasteiger partial charge in [0.05, 0.1) is 12.7 Å². The van der Waals surface area contributed by atoms with E-state index in [0.29, 0.717) is 19.0 Å². The Hall–Kier alpha value is -1.73. The van der Waals surface area contributed by atoms with Crippen molar-refractivity contribution in [3.8, 4) is 0 Å². The first-order valence-corrected chi connectivity index (χ1v) is 6.58. The van der Waals surface area contributed by atoms with Crippen molar-refractivity contribution >= 4 is 11.7 Å². The van der Waals surface area contributed by atoms with Crippen molar-refractivity contribution in [3.63, 3.8) is 0 Å². The molecule has 1 rings (SSSR count). The van der Waals surface area contributed by atoms with E-state index in [1.165, 1.54) is 0 Å². The number of hydrogen-bond acceptors (Lipinski definition) is 6. The molecule has 1 aromatic heterocycles. The SMILES string of the molecule is CCCNc1ccc(C(=O)NCC(COC)OC)nn1. The smallest absolute Gasteiger partial charge is 0.271 e. The number of methoxy groups -OCH3 is 2.